The standard InChI is InChI=1S/C19H21F3N6O3S/c1-3-11(2)32(29,30)25-10-15(12-4-6-14(20)7-5-12)26-19-23-8-13(9-24-19)17-27-28-18(31-17)16(21)22/h4-9,11,15-16,25H,3,10H2,1-2H3,(H,23,24,26). The summed E-state index contributed by atoms with van der Waals surface area (Å²) in [7, 11) is -3.56. The average molecular weight is 470 g/mol. The molecule has 9 nitrogen and oxygen atoms in total. The van der Waals surface area contributed by atoms with E-state index >= 15 is 0 Å². The van der Waals surface area contributed by atoms with E-state index in [0.717, 1.165) is 0 Å². The molecule has 2 atom stereocenters. The van der Waals surface area contributed by atoms with Crippen molar-refractivity contribution in [2.75, 3.05) is 11.9 Å². The van der Waals surface area contributed by atoms with Crippen LogP contribution >= 0.6 is 0 Å². The van der Waals surface area contributed by atoms with E-state index in [4.69, 9.17) is 4.42 Å². The van der Waals surface area contributed by atoms with E-state index in [0.29, 0.717) is 12.0 Å². The molecule has 0 radical (unpaired) electrons. The molecule has 0 amide bonds. The maximum absolute atomic E-state index is 13.3. The molecule has 0 aliphatic heterocycles. The molecule has 2 N–H and O–H groups in total. The van der Waals surface area contributed by atoms with Crippen molar-refractivity contribution in [2.45, 2.75) is 38.0 Å². The van der Waals surface area contributed by atoms with Crippen LogP contribution in [0.1, 0.15) is 44.2 Å². The Kier molecular flexibility index (Phi) is 7.40. The van der Waals surface area contributed by atoms with E-state index < -0.39 is 39.4 Å². The van der Waals surface area contributed by atoms with Crippen LogP contribution in [-0.4, -0.2) is 40.4 Å². The molecule has 0 spiro atoms. The maximum atomic E-state index is 13.3. The molecule has 32 heavy (non-hydrogen) atoms. The summed E-state index contributed by atoms with van der Waals surface area (Å²) >= 11 is 0. The van der Waals surface area contributed by atoms with Gasteiger partial charge in [-0.3, -0.25) is 0 Å². The Morgan fingerprint density at radius 2 is 1.75 bits per heavy atom. The van der Waals surface area contributed by atoms with Gasteiger partial charge in [-0.2, -0.15) is 8.78 Å². The van der Waals surface area contributed by atoms with Crippen molar-refractivity contribution in [1.82, 2.24) is 24.9 Å². The minimum atomic E-state index is -3.56. The van der Waals surface area contributed by atoms with E-state index in [1.807, 2.05) is 0 Å². The van der Waals surface area contributed by atoms with Crippen LogP contribution < -0.4 is 10.0 Å². The second-order valence-electron chi connectivity index (χ2n) is 6.90. The molecule has 0 saturated carbocycles. The Morgan fingerprint density at radius 3 is 2.31 bits per heavy atom. The van der Waals surface area contributed by atoms with Gasteiger partial charge >= 0.3 is 6.43 Å². The van der Waals surface area contributed by atoms with Crippen LogP contribution in [0.5, 0.6) is 0 Å². The second kappa shape index (κ2) is 10.0. The monoisotopic (exact) mass is 470 g/mol. The van der Waals surface area contributed by atoms with Gasteiger partial charge < -0.3 is 9.73 Å². The van der Waals surface area contributed by atoms with Gasteiger partial charge in [0.05, 0.1) is 16.9 Å². The van der Waals surface area contributed by atoms with Crippen LogP contribution in [0, 0.1) is 5.82 Å². The first-order chi connectivity index (χ1) is 15.2. The minimum Gasteiger partial charge on any atom is -0.415 e. The van der Waals surface area contributed by atoms with Crippen LogP contribution in [0.4, 0.5) is 19.1 Å². The average Bonchev–Trinajstić information content (AvgIpc) is 3.28. The zero-order valence-electron chi connectivity index (χ0n) is 17.2. The summed E-state index contributed by atoms with van der Waals surface area (Å²) in [6.45, 7) is 3.33. The SMILES string of the molecule is CCC(C)S(=O)(=O)NCC(Nc1ncc(-c2nnc(C(F)F)o2)cn1)c1ccc(F)cc1. The highest BCUT2D eigenvalue weighted by molar-refractivity contribution is 7.90. The predicted octanol–water partition coefficient (Wildman–Crippen LogP) is 3.47. The van der Waals surface area contributed by atoms with Crippen LogP contribution in [0.3, 0.4) is 0 Å². The molecule has 3 aromatic rings. The van der Waals surface area contributed by atoms with Gasteiger partial charge in [-0.05, 0) is 31.0 Å². The van der Waals surface area contributed by atoms with E-state index in [2.05, 4.69) is 30.2 Å². The van der Waals surface area contributed by atoms with E-state index in [-0.39, 0.29) is 23.9 Å². The third-order valence-corrected chi connectivity index (χ3v) is 6.66. The molecule has 2 aromatic heterocycles. The predicted molar refractivity (Wildman–Crippen MR) is 110 cm³/mol. The molecule has 3 rings (SSSR count). The lowest BCUT2D eigenvalue weighted by Crippen LogP contribution is -2.37. The minimum absolute atomic E-state index is 0.0369. The summed E-state index contributed by atoms with van der Waals surface area (Å²) in [4.78, 5) is 8.20. The number of benzene rings is 1. The fraction of sp³-hybridized carbons (Fsp3) is 0.368. The zero-order valence-corrected chi connectivity index (χ0v) is 18.0. The molecule has 0 saturated heterocycles. The van der Waals surface area contributed by atoms with Gasteiger partial charge in [0.1, 0.15) is 5.82 Å². The number of hydrogen-bond donors (Lipinski definition) is 2. The molecule has 1 aromatic carbocycles. The van der Waals surface area contributed by atoms with Crippen molar-refractivity contribution in [1.29, 1.82) is 0 Å². The summed E-state index contributed by atoms with van der Waals surface area (Å²) < 4.78 is 70.7. The number of halogens is 3. The van der Waals surface area contributed by atoms with Gasteiger partial charge in [0.15, 0.2) is 0 Å². The van der Waals surface area contributed by atoms with E-state index in [9.17, 15) is 21.6 Å². The molecule has 2 heterocycles. The Morgan fingerprint density at radius 1 is 1.09 bits per heavy atom. The third-order valence-electron chi connectivity index (χ3n) is 4.70. The first kappa shape index (κ1) is 23.6. The Hall–Kier alpha value is -3.06. The number of hydrogen-bond acceptors (Lipinski definition) is 8. The van der Waals surface area contributed by atoms with Crippen LogP contribution in [0.2, 0.25) is 0 Å². The van der Waals surface area contributed by atoms with Crippen LogP contribution in [-0.2, 0) is 10.0 Å². The van der Waals surface area contributed by atoms with E-state index in [1.165, 1.54) is 36.7 Å². The lowest BCUT2D eigenvalue weighted by molar-refractivity contribution is 0.116. The lowest BCUT2D eigenvalue weighted by atomic mass is 10.1. The number of aromatic nitrogens is 4. The highest BCUT2D eigenvalue weighted by atomic mass is 32.2. The topological polar surface area (TPSA) is 123 Å². The molecule has 13 heteroatoms. The molecule has 172 valence electrons. The Labute approximate surface area is 182 Å². The summed E-state index contributed by atoms with van der Waals surface area (Å²) in [6, 6.07) is 4.93. The number of nitrogens with one attached hydrogen (secondary N) is 2. The van der Waals surface area contributed by atoms with Crippen molar-refractivity contribution in [3.8, 4) is 11.5 Å². The van der Waals surface area contributed by atoms with Gasteiger partial charge in [-0.15, -0.1) is 10.2 Å². The number of anilines is 1. The number of rotatable bonds is 10. The van der Waals surface area contributed by atoms with E-state index in [1.54, 1.807) is 13.8 Å². The van der Waals surface area contributed by atoms with Crippen LogP contribution in [0.25, 0.3) is 11.5 Å². The molecular formula is C19H21F3N6O3S. The summed E-state index contributed by atoms with van der Waals surface area (Å²) in [5.74, 6) is -1.29. The number of nitrogens with zero attached hydrogens (tertiary/aromatic N) is 4. The Bertz CT molecular complexity index is 1120. The second-order valence-corrected chi connectivity index (χ2v) is 9.09. The van der Waals surface area contributed by atoms with Gasteiger partial charge in [-0.1, -0.05) is 19.1 Å². The first-order valence-electron chi connectivity index (χ1n) is 9.64. The highest BCUT2D eigenvalue weighted by Crippen LogP contribution is 2.23. The first-order valence-corrected chi connectivity index (χ1v) is 11.2. The molecule has 2 unspecified atom stereocenters. The fourth-order valence-electron chi connectivity index (χ4n) is 2.62. The normalized spacial score (nSPS) is 13.8. The lowest BCUT2D eigenvalue weighted by Gasteiger charge is -2.21. The number of sulfonamides is 1. The van der Waals surface area contributed by atoms with Gasteiger partial charge in [0.2, 0.25) is 16.0 Å². The number of alkyl halides is 2. The van der Waals surface area contributed by atoms with Crippen LogP contribution in [0.15, 0.2) is 41.1 Å². The molecule has 0 fully saturated rings. The smallest absolute Gasteiger partial charge is 0.314 e. The summed E-state index contributed by atoms with van der Waals surface area (Å²) in [5, 5.41) is 9.17. The molecule has 0 bridgehead atoms. The van der Waals surface area contributed by atoms with Gasteiger partial charge in [-0.25, -0.2) is 27.5 Å². The molecular weight excluding hydrogens is 449 g/mol. The third kappa shape index (κ3) is 5.79. The molecule has 0 aliphatic rings. The zero-order chi connectivity index (χ0) is 23.3. The van der Waals surface area contributed by atoms with Gasteiger partial charge in [0, 0.05) is 18.9 Å². The van der Waals surface area contributed by atoms with Crippen molar-refractivity contribution in [3.05, 3.63) is 53.9 Å². The van der Waals surface area contributed by atoms with Crippen molar-refractivity contribution >= 4 is 16.0 Å². The van der Waals surface area contributed by atoms with Crippen molar-refractivity contribution in [2.24, 2.45) is 0 Å². The quantitative estimate of drug-likeness (QED) is 0.462. The summed E-state index contributed by atoms with van der Waals surface area (Å²) in [6.07, 6.45) is 0.137. The highest BCUT2D eigenvalue weighted by Gasteiger charge is 2.22. The molecule has 0 aliphatic carbocycles. The largest absolute Gasteiger partial charge is 0.415 e. The van der Waals surface area contributed by atoms with Gasteiger partial charge in [0.25, 0.3) is 11.8 Å². The maximum Gasteiger partial charge on any atom is 0.314 e. The van der Waals surface area contributed by atoms with Crippen molar-refractivity contribution < 1.29 is 26.0 Å². The van der Waals surface area contributed by atoms with Crippen molar-refractivity contribution in [3.63, 3.8) is 0 Å². The fourth-order valence-corrected chi connectivity index (χ4v) is 3.74. The summed E-state index contributed by atoms with van der Waals surface area (Å²) in [5.41, 5.74) is 0.829. The Balaban J connectivity index is 1.78.